The second-order valence-corrected chi connectivity index (χ2v) is 7.25. The predicted molar refractivity (Wildman–Crippen MR) is 107 cm³/mol. The molecule has 0 saturated carbocycles. The van der Waals surface area contributed by atoms with Crippen LogP contribution in [0, 0.1) is 5.92 Å². The van der Waals surface area contributed by atoms with E-state index in [1.54, 1.807) is 29.2 Å². The number of aliphatic imine (C=N–C) groups is 1. The third kappa shape index (κ3) is 3.57. The van der Waals surface area contributed by atoms with Gasteiger partial charge in [-0.15, -0.1) is 0 Å². The number of piperazine rings is 1. The molecule has 1 atom stereocenters. The molecule has 4 amide bonds. The highest BCUT2D eigenvalue weighted by molar-refractivity contribution is 6.30. The van der Waals surface area contributed by atoms with Gasteiger partial charge in [-0.2, -0.15) is 4.99 Å². The summed E-state index contributed by atoms with van der Waals surface area (Å²) in [6.45, 7) is 2.13. The quantitative estimate of drug-likeness (QED) is 0.781. The van der Waals surface area contributed by atoms with E-state index in [1.165, 1.54) is 0 Å². The fourth-order valence-corrected chi connectivity index (χ4v) is 3.65. The van der Waals surface area contributed by atoms with Crippen molar-refractivity contribution in [2.24, 2.45) is 10.9 Å². The van der Waals surface area contributed by atoms with E-state index in [2.05, 4.69) is 9.89 Å². The summed E-state index contributed by atoms with van der Waals surface area (Å²) >= 11 is 5.93. The molecule has 2 heterocycles. The lowest BCUT2D eigenvalue weighted by molar-refractivity contribution is -0.138. The molecular formula is C20H19ClN4O3. The molecule has 1 unspecified atom stereocenters. The number of hydrogen-bond acceptors (Lipinski definition) is 4. The molecule has 28 heavy (non-hydrogen) atoms. The summed E-state index contributed by atoms with van der Waals surface area (Å²) in [6, 6.07) is 6.90. The SMILES string of the molecule is O=C(CN1C(=O)N=C2C=CC=CC2C1=O)N1CCN(c2ccc(Cl)cc2)CC1. The number of benzene rings is 1. The van der Waals surface area contributed by atoms with Gasteiger partial charge in [0.1, 0.15) is 6.54 Å². The first-order chi connectivity index (χ1) is 13.5. The van der Waals surface area contributed by atoms with E-state index in [0.717, 1.165) is 10.6 Å². The molecular weight excluding hydrogens is 380 g/mol. The molecule has 144 valence electrons. The van der Waals surface area contributed by atoms with Crippen molar-refractivity contribution in [2.45, 2.75) is 0 Å². The number of halogens is 1. The predicted octanol–water partition coefficient (Wildman–Crippen LogP) is 2.13. The zero-order valence-electron chi connectivity index (χ0n) is 15.1. The van der Waals surface area contributed by atoms with E-state index in [9.17, 15) is 14.4 Å². The minimum Gasteiger partial charge on any atom is -0.368 e. The Kier molecular flexibility index (Phi) is 5.00. The number of allylic oxidation sites excluding steroid dienone is 3. The molecule has 4 rings (SSSR count). The van der Waals surface area contributed by atoms with Crippen molar-refractivity contribution < 1.29 is 14.4 Å². The summed E-state index contributed by atoms with van der Waals surface area (Å²) in [6.07, 6.45) is 6.82. The number of amides is 4. The molecule has 0 radical (unpaired) electrons. The van der Waals surface area contributed by atoms with Crippen molar-refractivity contribution >= 4 is 40.8 Å². The van der Waals surface area contributed by atoms with Crippen molar-refractivity contribution in [1.29, 1.82) is 0 Å². The van der Waals surface area contributed by atoms with Gasteiger partial charge in [0.25, 0.3) is 0 Å². The minimum atomic E-state index is -0.677. The maximum atomic E-state index is 12.7. The Labute approximate surface area is 167 Å². The first kappa shape index (κ1) is 18.4. The van der Waals surface area contributed by atoms with E-state index in [1.807, 2.05) is 24.3 Å². The molecule has 0 bridgehead atoms. The first-order valence-electron chi connectivity index (χ1n) is 9.10. The van der Waals surface area contributed by atoms with Gasteiger partial charge < -0.3 is 9.80 Å². The van der Waals surface area contributed by atoms with Crippen molar-refractivity contribution in [2.75, 3.05) is 37.6 Å². The molecule has 1 aliphatic carbocycles. The number of nitrogens with zero attached hydrogens (tertiary/aromatic N) is 4. The Hall–Kier alpha value is -2.93. The molecule has 1 aromatic carbocycles. The van der Waals surface area contributed by atoms with Gasteiger partial charge >= 0.3 is 6.03 Å². The number of carbonyl (C=O) groups is 3. The largest absolute Gasteiger partial charge is 0.368 e. The molecule has 7 nitrogen and oxygen atoms in total. The summed E-state index contributed by atoms with van der Waals surface area (Å²) < 4.78 is 0. The third-order valence-corrected chi connectivity index (χ3v) is 5.36. The summed E-state index contributed by atoms with van der Waals surface area (Å²) in [4.78, 5) is 46.2. The van der Waals surface area contributed by atoms with Crippen LogP contribution < -0.4 is 4.90 Å². The number of rotatable bonds is 3. The summed E-state index contributed by atoms with van der Waals surface area (Å²) in [5.41, 5.74) is 1.48. The van der Waals surface area contributed by atoms with Crippen LogP contribution in [0.5, 0.6) is 0 Å². The highest BCUT2D eigenvalue weighted by Crippen LogP contribution is 2.21. The molecule has 1 fully saturated rings. The maximum Gasteiger partial charge on any atom is 0.351 e. The minimum absolute atomic E-state index is 0.244. The number of anilines is 1. The van der Waals surface area contributed by atoms with Crippen molar-refractivity contribution in [3.63, 3.8) is 0 Å². The van der Waals surface area contributed by atoms with Crippen LogP contribution in [0.15, 0.2) is 53.6 Å². The number of hydrogen-bond donors (Lipinski definition) is 0. The smallest absolute Gasteiger partial charge is 0.351 e. The Balaban J connectivity index is 1.37. The topological polar surface area (TPSA) is 73.3 Å². The average Bonchev–Trinajstić information content (AvgIpc) is 2.72. The molecule has 8 heteroatoms. The lowest BCUT2D eigenvalue weighted by Gasteiger charge is -2.37. The van der Waals surface area contributed by atoms with Crippen LogP contribution in [0.3, 0.4) is 0 Å². The van der Waals surface area contributed by atoms with Gasteiger partial charge in [0, 0.05) is 36.9 Å². The van der Waals surface area contributed by atoms with Crippen LogP contribution in [-0.2, 0) is 9.59 Å². The van der Waals surface area contributed by atoms with Crippen LogP contribution in [0.4, 0.5) is 10.5 Å². The van der Waals surface area contributed by atoms with Crippen LogP contribution in [0.2, 0.25) is 5.02 Å². The summed E-state index contributed by atoms with van der Waals surface area (Å²) in [5, 5.41) is 0.683. The van der Waals surface area contributed by atoms with Gasteiger partial charge in [0.15, 0.2) is 0 Å². The molecule has 0 spiro atoms. The second kappa shape index (κ2) is 7.59. The van der Waals surface area contributed by atoms with E-state index in [0.29, 0.717) is 36.9 Å². The fraction of sp³-hybridized carbons (Fsp3) is 0.300. The molecule has 2 aliphatic heterocycles. The first-order valence-corrected chi connectivity index (χ1v) is 9.48. The van der Waals surface area contributed by atoms with E-state index >= 15 is 0 Å². The Morgan fingerprint density at radius 2 is 1.79 bits per heavy atom. The Morgan fingerprint density at radius 3 is 2.50 bits per heavy atom. The second-order valence-electron chi connectivity index (χ2n) is 6.81. The monoisotopic (exact) mass is 398 g/mol. The highest BCUT2D eigenvalue weighted by atomic mass is 35.5. The molecule has 0 aromatic heterocycles. The lowest BCUT2D eigenvalue weighted by Crippen LogP contribution is -2.54. The fourth-order valence-electron chi connectivity index (χ4n) is 3.53. The molecule has 3 aliphatic rings. The van der Waals surface area contributed by atoms with Crippen LogP contribution in [0.1, 0.15) is 0 Å². The van der Waals surface area contributed by atoms with E-state index < -0.39 is 17.9 Å². The highest BCUT2D eigenvalue weighted by Gasteiger charge is 2.37. The number of urea groups is 1. The van der Waals surface area contributed by atoms with Crippen LogP contribution in [0.25, 0.3) is 0 Å². The van der Waals surface area contributed by atoms with Gasteiger partial charge in [-0.1, -0.05) is 29.8 Å². The Morgan fingerprint density at radius 1 is 1.07 bits per heavy atom. The third-order valence-electron chi connectivity index (χ3n) is 5.11. The normalized spacial score (nSPS) is 21.7. The number of fused-ring (bicyclic) bond motifs is 1. The zero-order chi connectivity index (χ0) is 19.7. The van der Waals surface area contributed by atoms with Gasteiger partial charge in [0.2, 0.25) is 11.8 Å². The van der Waals surface area contributed by atoms with Crippen molar-refractivity contribution in [3.05, 3.63) is 53.6 Å². The standard InChI is InChI=1S/C20H19ClN4O3/c21-14-5-7-15(8-6-14)23-9-11-24(12-10-23)18(26)13-25-19(27)16-3-1-2-4-17(16)22-20(25)28/h1-8,16H,9-13H2. The van der Waals surface area contributed by atoms with Gasteiger partial charge in [-0.25, -0.2) is 4.79 Å². The molecule has 0 N–H and O–H groups in total. The van der Waals surface area contributed by atoms with Gasteiger partial charge in [-0.3, -0.25) is 14.5 Å². The molecule has 1 aromatic rings. The lowest BCUT2D eigenvalue weighted by atomic mass is 9.95. The summed E-state index contributed by atoms with van der Waals surface area (Å²) in [7, 11) is 0. The van der Waals surface area contributed by atoms with Gasteiger partial charge in [0.05, 0.1) is 11.6 Å². The Bertz CT molecular complexity index is 899. The molecule has 1 saturated heterocycles. The van der Waals surface area contributed by atoms with Crippen molar-refractivity contribution in [3.8, 4) is 0 Å². The zero-order valence-corrected chi connectivity index (χ0v) is 15.9. The van der Waals surface area contributed by atoms with Crippen LogP contribution >= 0.6 is 11.6 Å². The van der Waals surface area contributed by atoms with Crippen molar-refractivity contribution in [1.82, 2.24) is 9.80 Å². The maximum absolute atomic E-state index is 12.7. The van der Waals surface area contributed by atoms with E-state index in [-0.39, 0.29) is 12.5 Å². The number of carbonyl (C=O) groups excluding carboxylic acids is 3. The van der Waals surface area contributed by atoms with Crippen LogP contribution in [-0.4, -0.2) is 66.1 Å². The van der Waals surface area contributed by atoms with Gasteiger partial charge in [-0.05, 0) is 30.3 Å². The van der Waals surface area contributed by atoms with E-state index in [4.69, 9.17) is 11.6 Å². The number of imide groups is 1. The average molecular weight is 399 g/mol. The summed E-state index contributed by atoms with van der Waals surface area (Å²) in [5.74, 6) is -1.23.